The van der Waals surface area contributed by atoms with Crippen LogP contribution in [-0.2, 0) is 4.79 Å². The molecule has 0 radical (unpaired) electrons. The van der Waals surface area contributed by atoms with Crippen LogP contribution in [0.2, 0.25) is 5.02 Å². The quantitative estimate of drug-likeness (QED) is 0.749. The Hall–Kier alpha value is -2.60. The maximum atomic E-state index is 11.8. The molecule has 2 rings (SSSR count). The molecule has 2 aromatic rings. The van der Waals surface area contributed by atoms with Crippen molar-refractivity contribution in [3.8, 4) is 0 Å². The number of aromatic nitrogens is 1. The van der Waals surface area contributed by atoms with Crippen molar-refractivity contribution in [2.45, 2.75) is 0 Å². The smallest absolute Gasteiger partial charge is 0.251 e. The first-order chi connectivity index (χ1) is 10.0. The van der Waals surface area contributed by atoms with Crippen molar-refractivity contribution in [1.82, 2.24) is 10.3 Å². The van der Waals surface area contributed by atoms with E-state index in [1.165, 1.54) is 12.3 Å². The Morgan fingerprint density at radius 3 is 2.57 bits per heavy atom. The molecule has 0 saturated heterocycles. The molecule has 6 nitrogen and oxygen atoms in total. The Kier molecular flexibility index (Phi) is 4.73. The van der Waals surface area contributed by atoms with Gasteiger partial charge in [-0.2, -0.15) is 0 Å². The first-order valence-corrected chi connectivity index (χ1v) is 6.47. The largest absolute Gasteiger partial charge is 0.399 e. The van der Waals surface area contributed by atoms with Gasteiger partial charge >= 0.3 is 0 Å². The third-order valence-corrected chi connectivity index (χ3v) is 2.81. The van der Waals surface area contributed by atoms with Crippen LogP contribution < -0.4 is 16.4 Å². The van der Waals surface area contributed by atoms with Gasteiger partial charge < -0.3 is 16.4 Å². The first-order valence-electron chi connectivity index (χ1n) is 6.10. The first kappa shape index (κ1) is 14.8. The van der Waals surface area contributed by atoms with Crippen LogP contribution in [0.25, 0.3) is 0 Å². The van der Waals surface area contributed by atoms with Gasteiger partial charge in [0, 0.05) is 22.5 Å². The van der Waals surface area contributed by atoms with E-state index in [0.29, 0.717) is 22.1 Å². The second-order valence-corrected chi connectivity index (χ2v) is 4.65. The fourth-order valence-electron chi connectivity index (χ4n) is 1.56. The predicted octanol–water partition coefficient (Wildman–Crippen LogP) is 1.69. The minimum absolute atomic E-state index is 0.169. The zero-order valence-electron chi connectivity index (χ0n) is 11.0. The van der Waals surface area contributed by atoms with Gasteiger partial charge in [0.2, 0.25) is 5.91 Å². The minimum Gasteiger partial charge on any atom is -0.399 e. The summed E-state index contributed by atoms with van der Waals surface area (Å²) in [5.74, 6) is -0.424. The minimum atomic E-state index is -0.395. The number of anilines is 2. The summed E-state index contributed by atoms with van der Waals surface area (Å²) in [6.07, 6.45) is 1.48. The monoisotopic (exact) mass is 304 g/mol. The van der Waals surface area contributed by atoms with Crippen molar-refractivity contribution in [1.29, 1.82) is 0 Å². The molecular formula is C14H13ClN4O2. The SMILES string of the molecule is Nc1ccc(C(=O)NCC(=O)Nc2cc(Cl)ccn2)cc1. The number of rotatable bonds is 4. The molecule has 0 aliphatic heterocycles. The zero-order valence-corrected chi connectivity index (χ0v) is 11.7. The van der Waals surface area contributed by atoms with E-state index in [9.17, 15) is 9.59 Å². The van der Waals surface area contributed by atoms with Crippen LogP contribution >= 0.6 is 11.6 Å². The van der Waals surface area contributed by atoms with Crippen LogP contribution in [0.15, 0.2) is 42.6 Å². The predicted molar refractivity (Wildman–Crippen MR) is 81.1 cm³/mol. The molecule has 0 bridgehead atoms. The molecule has 1 heterocycles. The van der Waals surface area contributed by atoms with Gasteiger partial charge in [-0.3, -0.25) is 9.59 Å². The van der Waals surface area contributed by atoms with Crippen LogP contribution in [0.3, 0.4) is 0 Å². The lowest BCUT2D eigenvalue weighted by Crippen LogP contribution is -2.33. The van der Waals surface area contributed by atoms with Gasteiger partial charge in [0.15, 0.2) is 0 Å². The molecular weight excluding hydrogens is 292 g/mol. The number of amides is 2. The average molecular weight is 305 g/mol. The van der Waals surface area contributed by atoms with E-state index < -0.39 is 5.91 Å². The Morgan fingerprint density at radius 2 is 1.90 bits per heavy atom. The molecule has 0 unspecified atom stereocenters. The number of pyridine rings is 1. The summed E-state index contributed by atoms with van der Waals surface area (Å²) >= 11 is 5.78. The molecule has 1 aromatic carbocycles. The summed E-state index contributed by atoms with van der Waals surface area (Å²) in [6.45, 7) is -0.169. The molecule has 21 heavy (non-hydrogen) atoms. The average Bonchev–Trinajstić information content (AvgIpc) is 2.45. The van der Waals surface area contributed by atoms with Crippen molar-refractivity contribution >= 4 is 34.9 Å². The van der Waals surface area contributed by atoms with Crippen LogP contribution in [0.4, 0.5) is 11.5 Å². The number of nitrogens with zero attached hydrogens (tertiary/aromatic N) is 1. The molecule has 0 atom stereocenters. The fraction of sp³-hybridized carbons (Fsp3) is 0.0714. The number of benzene rings is 1. The second kappa shape index (κ2) is 6.71. The Morgan fingerprint density at radius 1 is 1.19 bits per heavy atom. The highest BCUT2D eigenvalue weighted by Gasteiger charge is 2.08. The van der Waals surface area contributed by atoms with Gasteiger partial charge in [0.25, 0.3) is 5.91 Å². The number of nitrogen functional groups attached to an aromatic ring is 1. The summed E-state index contributed by atoms with van der Waals surface area (Å²) in [7, 11) is 0. The third kappa shape index (κ3) is 4.47. The lowest BCUT2D eigenvalue weighted by atomic mass is 10.2. The standard InChI is InChI=1S/C14H13ClN4O2/c15-10-5-6-17-12(7-10)19-13(20)8-18-14(21)9-1-3-11(16)4-2-9/h1-7H,8,16H2,(H,18,21)(H,17,19,20). The van der Waals surface area contributed by atoms with E-state index in [4.69, 9.17) is 17.3 Å². The zero-order chi connectivity index (χ0) is 15.2. The number of carbonyl (C=O) groups excluding carboxylic acids is 2. The normalized spacial score (nSPS) is 9.95. The molecule has 1 aromatic heterocycles. The van der Waals surface area contributed by atoms with E-state index in [2.05, 4.69) is 15.6 Å². The van der Waals surface area contributed by atoms with Gasteiger partial charge in [-0.25, -0.2) is 4.98 Å². The molecule has 0 saturated carbocycles. The van der Waals surface area contributed by atoms with Crippen LogP contribution in [0.1, 0.15) is 10.4 Å². The maximum absolute atomic E-state index is 11.8. The van der Waals surface area contributed by atoms with Gasteiger partial charge in [0.1, 0.15) is 5.82 Å². The highest BCUT2D eigenvalue weighted by atomic mass is 35.5. The lowest BCUT2D eigenvalue weighted by Gasteiger charge is -2.06. The number of hydrogen-bond donors (Lipinski definition) is 3. The lowest BCUT2D eigenvalue weighted by molar-refractivity contribution is -0.115. The topological polar surface area (TPSA) is 97.1 Å². The third-order valence-electron chi connectivity index (χ3n) is 2.57. The van der Waals surface area contributed by atoms with E-state index in [1.54, 1.807) is 30.3 Å². The number of nitrogens with two attached hydrogens (primary N) is 1. The molecule has 7 heteroatoms. The van der Waals surface area contributed by atoms with Gasteiger partial charge in [-0.05, 0) is 36.4 Å². The summed E-state index contributed by atoms with van der Waals surface area (Å²) in [5.41, 5.74) is 6.53. The van der Waals surface area contributed by atoms with Crippen LogP contribution in [0.5, 0.6) is 0 Å². The number of carbonyl (C=O) groups is 2. The molecule has 0 aliphatic rings. The highest BCUT2D eigenvalue weighted by molar-refractivity contribution is 6.30. The van der Waals surface area contributed by atoms with E-state index in [1.807, 2.05) is 0 Å². The molecule has 0 fully saturated rings. The molecule has 0 aliphatic carbocycles. The fourth-order valence-corrected chi connectivity index (χ4v) is 1.72. The summed E-state index contributed by atoms with van der Waals surface area (Å²) in [6, 6.07) is 9.51. The Balaban J connectivity index is 1.86. The van der Waals surface area contributed by atoms with Crippen LogP contribution in [-0.4, -0.2) is 23.3 Å². The van der Waals surface area contributed by atoms with Crippen molar-refractivity contribution in [2.24, 2.45) is 0 Å². The van der Waals surface area contributed by atoms with Crippen molar-refractivity contribution in [3.63, 3.8) is 0 Å². The van der Waals surface area contributed by atoms with E-state index in [-0.39, 0.29) is 12.5 Å². The molecule has 108 valence electrons. The van der Waals surface area contributed by atoms with Gasteiger partial charge in [0.05, 0.1) is 6.54 Å². The van der Waals surface area contributed by atoms with Gasteiger partial charge in [-0.15, -0.1) is 0 Å². The summed E-state index contributed by atoms with van der Waals surface area (Å²) in [5, 5.41) is 5.49. The second-order valence-electron chi connectivity index (χ2n) is 4.21. The van der Waals surface area contributed by atoms with Crippen molar-refractivity contribution in [3.05, 3.63) is 53.2 Å². The molecule has 4 N–H and O–H groups in total. The van der Waals surface area contributed by atoms with E-state index in [0.717, 1.165) is 0 Å². The van der Waals surface area contributed by atoms with Crippen molar-refractivity contribution in [2.75, 3.05) is 17.6 Å². The van der Waals surface area contributed by atoms with Crippen LogP contribution in [0, 0.1) is 0 Å². The number of nitrogens with one attached hydrogen (secondary N) is 2. The van der Waals surface area contributed by atoms with Gasteiger partial charge in [-0.1, -0.05) is 11.6 Å². The van der Waals surface area contributed by atoms with Crippen molar-refractivity contribution < 1.29 is 9.59 Å². The van der Waals surface area contributed by atoms with E-state index >= 15 is 0 Å². The summed E-state index contributed by atoms with van der Waals surface area (Å²) < 4.78 is 0. The molecule has 0 spiro atoms. The number of halogens is 1. The highest BCUT2D eigenvalue weighted by Crippen LogP contribution is 2.11. The molecule has 2 amide bonds. The number of hydrogen-bond acceptors (Lipinski definition) is 4. The Bertz CT molecular complexity index is 658. The Labute approximate surface area is 126 Å². The summed E-state index contributed by atoms with van der Waals surface area (Å²) in [4.78, 5) is 27.4. The maximum Gasteiger partial charge on any atom is 0.251 e.